The molecule has 0 radical (unpaired) electrons. The zero-order chi connectivity index (χ0) is 29.3. The number of nitrogens with zero attached hydrogens (tertiary/aromatic N) is 5. The monoisotopic (exact) mass is 563 g/mol. The molecule has 8 aromatic rings. The van der Waals surface area contributed by atoms with Gasteiger partial charge in [-0.1, -0.05) is 115 Å². The highest BCUT2D eigenvalue weighted by Gasteiger charge is 2.20. The quantitative estimate of drug-likeness (QED) is 0.195. The van der Waals surface area contributed by atoms with Gasteiger partial charge in [0.2, 0.25) is 0 Å². The first kappa shape index (κ1) is 25.6. The maximum atomic E-state index is 5.10. The summed E-state index contributed by atoms with van der Waals surface area (Å²) < 4.78 is 0. The van der Waals surface area contributed by atoms with E-state index >= 15 is 0 Å². The van der Waals surface area contributed by atoms with Crippen LogP contribution in [0.1, 0.15) is 0 Å². The Hall–Kier alpha value is -6.07. The molecular weight excluding hydrogens is 538 g/mol. The van der Waals surface area contributed by atoms with Crippen molar-refractivity contribution >= 4 is 21.5 Å². The molecule has 5 heteroatoms. The topological polar surface area (TPSA) is 64.5 Å². The Kier molecular flexibility index (Phi) is 6.39. The van der Waals surface area contributed by atoms with Gasteiger partial charge in [0.1, 0.15) is 0 Å². The Bertz CT molecular complexity index is 2140. The van der Waals surface area contributed by atoms with Crippen molar-refractivity contribution in [2.24, 2.45) is 0 Å². The molecule has 0 aliphatic carbocycles. The molecule has 44 heavy (non-hydrogen) atoms. The van der Waals surface area contributed by atoms with Gasteiger partial charge < -0.3 is 0 Å². The number of pyridine rings is 2. The number of rotatable bonds is 5. The molecule has 3 aromatic heterocycles. The number of hydrogen-bond acceptors (Lipinski definition) is 5. The number of hydrogen-bond donors (Lipinski definition) is 0. The number of benzene rings is 5. The Morgan fingerprint density at radius 1 is 0.318 bits per heavy atom. The second-order valence-electron chi connectivity index (χ2n) is 10.5. The van der Waals surface area contributed by atoms with Crippen molar-refractivity contribution in [1.82, 2.24) is 24.9 Å². The third-order valence-corrected chi connectivity index (χ3v) is 7.83. The van der Waals surface area contributed by atoms with Crippen LogP contribution in [0.25, 0.3) is 78.2 Å². The minimum Gasteiger partial charge on any atom is -0.256 e. The maximum Gasteiger partial charge on any atom is 0.165 e. The summed E-state index contributed by atoms with van der Waals surface area (Å²) in [6, 6.07) is 47.2. The lowest BCUT2D eigenvalue weighted by molar-refractivity contribution is 1.08. The molecule has 0 spiro atoms. The van der Waals surface area contributed by atoms with Gasteiger partial charge in [-0.25, -0.2) is 15.0 Å². The van der Waals surface area contributed by atoms with E-state index in [1.807, 2.05) is 85.1 Å². The summed E-state index contributed by atoms with van der Waals surface area (Å²) in [4.78, 5) is 24.6. The fourth-order valence-corrected chi connectivity index (χ4v) is 5.79. The molecular formula is C39H25N5. The number of fused-ring (bicyclic) bond motifs is 2. The molecule has 3 heterocycles. The van der Waals surface area contributed by atoms with Crippen molar-refractivity contribution in [1.29, 1.82) is 0 Å². The van der Waals surface area contributed by atoms with E-state index in [1.165, 1.54) is 0 Å². The first-order valence-electron chi connectivity index (χ1n) is 14.5. The van der Waals surface area contributed by atoms with Gasteiger partial charge in [0.25, 0.3) is 0 Å². The zero-order valence-corrected chi connectivity index (χ0v) is 23.7. The molecule has 5 nitrogen and oxygen atoms in total. The number of aromatic nitrogens is 5. The highest BCUT2D eigenvalue weighted by atomic mass is 15.0. The van der Waals surface area contributed by atoms with Crippen LogP contribution in [-0.4, -0.2) is 24.9 Å². The van der Waals surface area contributed by atoms with Crippen molar-refractivity contribution in [2.75, 3.05) is 0 Å². The van der Waals surface area contributed by atoms with E-state index in [2.05, 4.69) is 65.6 Å². The standard InChI is InChI=1S/C39H25N5/c1-3-13-26(14-4-1)37-42-38(27-15-5-2-6-16-27)44-39(43-37)36-31-19-9-7-17-29(31)35(30-18-8-10-20-32(30)36)34-23-22-28(25-41-34)33-21-11-12-24-40-33/h1-25H. The van der Waals surface area contributed by atoms with Gasteiger partial charge in [0, 0.05) is 40.2 Å². The van der Waals surface area contributed by atoms with Gasteiger partial charge in [0.05, 0.1) is 11.4 Å². The smallest absolute Gasteiger partial charge is 0.165 e. The van der Waals surface area contributed by atoms with Crippen molar-refractivity contribution in [2.45, 2.75) is 0 Å². The molecule has 0 N–H and O–H groups in total. The summed E-state index contributed by atoms with van der Waals surface area (Å²) >= 11 is 0. The van der Waals surface area contributed by atoms with Gasteiger partial charge in [-0.15, -0.1) is 0 Å². The molecule has 206 valence electrons. The van der Waals surface area contributed by atoms with Crippen LogP contribution >= 0.6 is 0 Å². The third kappa shape index (κ3) is 4.57. The Labute approximate surface area is 254 Å². The first-order chi connectivity index (χ1) is 21.8. The SMILES string of the molecule is c1ccc(-c2nc(-c3ccccc3)nc(-c3c4ccccc4c(-c4ccc(-c5ccccn5)cn4)c4ccccc34)n2)cc1. The van der Waals surface area contributed by atoms with Crippen molar-refractivity contribution in [3.05, 3.63) is 152 Å². The van der Waals surface area contributed by atoms with Gasteiger partial charge in [-0.2, -0.15) is 0 Å². The van der Waals surface area contributed by atoms with E-state index in [1.54, 1.807) is 6.20 Å². The second kappa shape index (κ2) is 11.0. The average Bonchev–Trinajstić information content (AvgIpc) is 3.11. The van der Waals surface area contributed by atoms with Gasteiger partial charge in [-0.3, -0.25) is 9.97 Å². The molecule has 0 saturated carbocycles. The molecule has 0 aliphatic rings. The first-order valence-corrected chi connectivity index (χ1v) is 14.5. The van der Waals surface area contributed by atoms with Crippen molar-refractivity contribution in [3.8, 4) is 56.7 Å². The Morgan fingerprint density at radius 2 is 0.818 bits per heavy atom. The van der Waals surface area contributed by atoms with Crippen LogP contribution in [0, 0.1) is 0 Å². The zero-order valence-electron chi connectivity index (χ0n) is 23.7. The summed E-state index contributed by atoms with van der Waals surface area (Å²) in [6.45, 7) is 0. The van der Waals surface area contributed by atoms with Crippen LogP contribution in [0.4, 0.5) is 0 Å². The fraction of sp³-hybridized carbons (Fsp3) is 0. The van der Waals surface area contributed by atoms with Gasteiger partial charge in [-0.05, 0) is 45.8 Å². The highest BCUT2D eigenvalue weighted by molar-refractivity contribution is 6.20. The molecule has 0 atom stereocenters. The van der Waals surface area contributed by atoms with Gasteiger partial charge >= 0.3 is 0 Å². The molecule has 0 unspecified atom stereocenters. The molecule has 8 rings (SSSR count). The van der Waals surface area contributed by atoms with E-state index in [0.717, 1.165) is 60.8 Å². The fourth-order valence-electron chi connectivity index (χ4n) is 5.79. The minimum atomic E-state index is 0.634. The summed E-state index contributed by atoms with van der Waals surface area (Å²) in [6.07, 6.45) is 3.70. The Balaban J connectivity index is 1.40. The lowest BCUT2D eigenvalue weighted by atomic mass is 9.89. The van der Waals surface area contributed by atoms with Crippen LogP contribution in [0.2, 0.25) is 0 Å². The Morgan fingerprint density at radius 3 is 1.32 bits per heavy atom. The summed E-state index contributed by atoms with van der Waals surface area (Å²) in [5, 5.41) is 4.28. The summed E-state index contributed by atoms with van der Waals surface area (Å²) in [7, 11) is 0. The molecule has 0 bridgehead atoms. The largest absolute Gasteiger partial charge is 0.256 e. The van der Waals surface area contributed by atoms with Crippen LogP contribution in [0.15, 0.2) is 152 Å². The average molecular weight is 564 g/mol. The molecule has 0 aliphatic heterocycles. The van der Waals surface area contributed by atoms with Crippen LogP contribution in [-0.2, 0) is 0 Å². The molecule has 0 fully saturated rings. The van der Waals surface area contributed by atoms with Crippen molar-refractivity contribution in [3.63, 3.8) is 0 Å². The molecule has 0 saturated heterocycles. The minimum absolute atomic E-state index is 0.634. The summed E-state index contributed by atoms with van der Waals surface area (Å²) in [5.74, 6) is 1.91. The lowest BCUT2D eigenvalue weighted by Crippen LogP contribution is -2.01. The van der Waals surface area contributed by atoms with Crippen LogP contribution < -0.4 is 0 Å². The predicted octanol–water partition coefficient (Wildman–Crippen LogP) is 9.30. The van der Waals surface area contributed by atoms with Crippen LogP contribution in [0.3, 0.4) is 0 Å². The normalized spacial score (nSPS) is 11.2. The molecule has 0 amide bonds. The van der Waals surface area contributed by atoms with E-state index in [4.69, 9.17) is 19.9 Å². The van der Waals surface area contributed by atoms with Crippen LogP contribution in [0.5, 0.6) is 0 Å². The second-order valence-corrected chi connectivity index (χ2v) is 10.5. The van der Waals surface area contributed by atoms with E-state index < -0.39 is 0 Å². The third-order valence-electron chi connectivity index (χ3n) is 7.83. The predicted molar refractivity (Wildman–Crippen MR) is 178 cm³/mol. The summed E-state index contributed by atoms with van der Waals surface area (Å²) in [5.41, 5.74) is 6.71. The van der Waals surface area contributed by atoms with E-state index in [9.17, 15) is 0 Å². The molecule has 5 aromatic carbocycles. The lowest BCUT2D eigenvalue weighted by Gasteiger charge is -2.17. The van der Waals surface area contributed by atoms with E-state index in [-0.39, 0.29) is 0 Å². The van der Waals surface area contributed by atoms with Gasteiger partial charge in [0.15, 0.2) is 17.5 Å². The maximum absolute atomic E-state index is 5.10. The highest BCUT2D eigenvalue weighted by Crippen LogP contribution is 2.42. The van der Waals surface area contributed by atoms with Crippen molar-refractivity contribution < 1.29 is 0 Å². The van der Waals surface area contributed by atoms with E-state index in [0.29, 0.717) is 17.5 Å².